The summed E-state index contributed by atoms with van der Waals surface area (Å²) < 4.78 is 5.40. The molecule has 1 saturated heterocycles. The topological polar surface area (TPSA) is 36.3 Å². The van der Waals surface area contributed by atoms with E-state index in [-0.39, 0.29) is 5.54 Å². The number of nitrogens with zero attached hydrogens (tertiary/aromatic N) is 2. The van der Waals surface area contributed by atoms with E-state index in [0.29, 0.717) is 5.41 Å². The summed E-state index contributed by atoms with van der Waals surface area (Å²) in [6.07, 6.45) is 5.65. The highest BCUT2D eigenvalue weighted by atomic mass is 16.5. The van der Waals surface area contributed by atoms with Crippen LogP contribution in [0, 0.1) is 16.7 Å². The largest absolute Gasteiger partial charge is 0.379 e. The Kier molecular flexibility index (Phi) is 3.75. The summed E-state index contributed by atoms with van der Waals surface area (Å²) in [4.78, 5) is 2.37. The van der Waals surface area contributed by atoms with Crippen LogP contribution in [0.3, 0.4) is 0 Å². The average Bonchev–Trinajstić information content (AvgIpc) is 2.50. The van der Waals surface area contributed by atoms with Crippen LogP contribution in [0.25, 0.3) is 0 Å². The van der Waals surface area contributed by atoms with E-state index < -0.39 is 0 Å². The molecule has 1 saturated carbocycles. The Hall–Kier alpha value is -0.590. The Morgan fingerprint density at radius 2 is 1.76 bits per heavy atom. The number of rotatable bonds is 1. The second kappa shape index (κ2) is 4.96. The molecule has 2 fully saturated rings. The second-order valence-corrected chi connectivity index (χ2v) is 6.26. The molecule has 3 heteroatoms. The van der Waals surface area contributed by atoms with Crippen molar-refractivity contribution in [2.24, 2.45) is 5.41 Å². The van der Waals surface area contributed by atoms with Gasteiger partial charge in [-0.15, -0.1) is 0 Å². The summed E-state index contributed by atoms with van der Waals surface area (Å²) in [5.74, 6) is 0. The molecular weight excluding hydrogens is 212 g/mol. The fourth-order valence-electron chi connectivity index (χ4n) is 3.14. The highest BCUT2D eigenvalue weighted by Gasteiger charge is 2.40. The monoisotopic (exact) mass is 236 g/mol. The van der Waals surface area contributed by atoms with Crippen LogP contribution >= 0.6 is 0 Å². The second-order valence-electron chi connectivity index (χ2n) is 6.26. The van der Waals surface area contributed by atoms with Crippen LogP contribution in [0.2, 0.25) is 0 Å². The Labute approximate surface area is 105 Å². The maximum atomic E-state index is 9.66. The molecule has 1 heterocycles. The van der Waals surface area contributed by atoms with Crippen molar-refractivity contribution in [1.29, 1.82) is 5.26 Å². The van der Waals surface area contributed by atoms with E-state index >= 15 is 0 Å². The van der Waals surface area contributed by atoms with Gasteiger partial charge >= 0.3 is 0 Å². The van der Waals surface area contributed by atoms with Gasteiger partial charge in [0.2, 0.25) is 0 Å². The minimum Gasteiger partial charge on any atom is -0.379 e. The van der Waals surface area contributed by atoms with Crippen molar-refractivity contribution in [3.8, 4) is 6.07 Å². The summed E-state index contributed by atoms with van der Waals surface area (Å²) in [5.41, 5.74) is 0.197. The molecule has 2 aliphatic rings. The van der Waals surface area contributed by atoms with E-state index in [1.807, 2.05) is 0 Å². The lowest BCUT2D eigenvalue weighted by atomic mass is 9.83. The predicted molar refractivity (Wildman–Crippen MR) is 67.6 cm³/mol. The van der Waals surface area contributed by atoms with Crippen LogP contribution in [0.4, 0.5) is 0 Å². The zero-order valence-corrected chi connectivity index (χ0v) is 11.2. The molecule has 96 valence electrons. The molecule has 1 aliphatic carbocycles. The minimum absolute atomic E-state index is 0.211. The van der Waals surface area contributed by atoms with E-state index in [1.165, 1.54) is 12.8 Å². The lowest BCUT2D eigenvalue weighted by molar-refractivity contribution is -0.00887. The number of ether oxygens (including phenoxy) is 1. The molecule has 1 unspecified atom stereocenters. The van der Waals surface area contributed by atoms with Gasteiger partial charge in [-0.3, -0.25) is 4.90 Å². The van der Waals surface area contributed by atoms with Crippen LogP contribution in [0.5, 0.6) is 0 Å². The third-order valence-electron chi connectivity index (χ3n) is 4.48. The third-order valence-corrected chi connectivity index (χ3v) is 4.48. The van der Waals surface area contributed by atoms with Gasteiger partial charge in [0.1, 0.15) is 5.54 Å². The number of hydrogen-bond acceptors (Lipinski definition) is 3. The van der Waals surface area contributed by atoms with Crippen LogP contribution in [-0.4, -0.2) is 36.7 Å². The molecule has 0 bridgehead atoms. The van der Waals surface area contributed by atoms with Gasteiger partial charge in [-0.05, 0) is 31.1 Å². The fourth-order valence-corrected chi connectivity index (χ4v) is 3.14. The molecule has 0 radical (unpaired) electrons. The normalized spacial score (nSPS) is 34.9. The molecule has 0 aromatic heterocycles. The van der Waals surface area contributed by atoms with E-state index in [4.69, 9.17) is 4.74 Å². The Bertz CT molecular complexity index is 302. The first-order valence-corrected chi connectivity index (χ1v) is 6.82. The zero-order chi connectivity index (χ0) is 12.4. The number of morpholine rings is 1. The maximum absolute atomic E-state index is 9.66. The molecule has 2 rings (SSSR count). The van der Waals surface area contributed by atoms with Crippen LogP contribution in [0.15, 0.2) is 0 Å². The zero-order valence-electron chi connectivity index (χ0n) is 11.2. The van der Waals surface area contributed by atoms with Gasteiger partial charge in [-0.1, -0.05) is 20.3 Å². The highest BCUT2D eigenvalue weighted by Crippen LogP contribution is 2.40. The molecule has 0 aromatic rings. The minimum atomic E-state index is -0.211. The van der Waals surface area contributed by atoms with Crippen molar-refractivity contribution in [3.63, 3.8) is 0 Å². The lowest BCUT2D eigenvalue weighted by Crippen LogP contribution is -2.52. The lowest BCUT2D eigenvalue weighted by Gasteiger charge is -2.40. The summed E-state index contributed by atoms with van der Waals surface area (Å²) in [6.45, 7) is 8.08. The fraction of sp³-hybridized carbons (Fsp3) is 0.929. The first-order valence-electron chi connectivity index (χ1n) is 6.82. The number of hydrogen-bond donors (Lipinski definition) is 0. The van der Waals surface area contributed by atoms with E-state index in [9.17, 15) is 5.26 Å². The molecule has 1 atom stereocenters. The molecule has 1 aliphatic heterocycles. The maximum Gasteiger partial charge on any atom is 0.109 e. The summed E-state index contributed by atoms with van der Waals surface area (Å²) in [6, 6.07) is 2.64. The van der Waals surface area contributed by atoms with Crippen LogP contribution < -0.4 is 0 Å². The van der Waals surface area contributed by atoms with Gasteiger partial charge in [0.15, 0.2) is 0 Å². The van der Waals surface area contributed by atoms with Crippen molar-refractivity contribution in [2.75, 3.05) is 26.3 Å². The first-order chi connectivity index (χ1) is 8.08. The Balaban J connectivity index is 2.11. The van der Waals surface area contributed by atoms with E-state index in [1.54, 1.807) is 0 Å². The van der Waals surface area contributed by atoms with E-state index in [2.05, 4.69) is 24.8 Å². The van der Waals surface area contributed by atoms with Crippen molar-refractivity contribution in [1.82, 2.24) is 4.90 Å². The van der Waals surface area contributed by atoms with Crippen molar-refractivity contribution < 1.29 is 4.74 Å². The Morgan fingerprint density at radius 1 is 1.06 bits per heavy atom. The third kappa shape index (κ3) is 2.81. The van der Waals surface area contributed by atoms with Gasteiger partial charge in [0.05, 0.1) is 19.3 Å². The van der Waals surface area contributed by atoms with Gasteiger partial charge in [-0.25, -0.2) is 0 Å². The molecule has 0 amide bonds. The van der Waals surface area contributed by atoms with Crippen LogP contribution in [-0.2, 0) is 4.74 Å². The van der Waals surface area contributed by atoms with Gasteiger partial charge < -0.3 is 4.74 Å². The number of nitriles is 1. The molecule has 0 spiro atoms. The molecule has 3 nitrogen and oxygen atoms in total. The Morgan fingerprint density at radius 3 is 2.41 bits per heavy atom. The van der Waals surface area contributed by atoms with E-state index in [0.717, 1.165) is 45.6 Å². The SMILES string of the molecule is CC1(C)CCCC(C#N)(N2CCOCC2)CC1. The molecule has 17 heavy (non-hydrogen) atoms. The average molecular weight is 236 g/mol. The summed E-state index contributed by atoms with van der Waals surface area (Å²) in [7, 11) is 0. The first kappa shape index (κ1) is 12.9. The summed E-state index contributed by atoms with van der Waals surface area (Å²) >= 11 is 0. The van der Waals surface area contributed by atoms with Crippen LogP contribution in [0.1, 0.15) is 46.0 Å². The molecule has 0 aromatic carbocycles. The van der Waals surface area contributed by atoms with Crippen molar-refractivity contribution in [3.05, 3.63) is 0 Å². The standard InChI is InChI=1S/C14H24N2O/c1-13(2)4-3-5-14(12-15,7-6-13)16-8-10-17-11-9-16/h3-11H2,1-2H3. The van der Waals surface area contributed by atoms with Gasteiger partial charge in [0.25, 0.3) is 0 Å². The van der Waals surface area contributed by atoms with Gasteiger partial charge in [-0.2, -0.15) is 5.26 Å². The van der Waals surface area contributed by atoms with Gasteiger partial charge in [0, 0.05) is 13.1 Å². The molecule has 0 N–H and O–H groups in total. The summed E-state index contributed by atoms with van der Waals surface area (Å²) in [5, 5.41) is 9.66. The van der Waals surface area contributed by atoms with Crippen molar-refractivity contribution in [2.45, 2.75) is 51.5 Å². The smallest absolute Gasteiger partial charge is 0.109 e. The quantitative estimate of drug-likeness (QED) is 0.656. The molecular formula is C14H24N2O. The van der Waals surface area contributed by atoms with Crippen molar-refractivity contribution >= 4 is 0 Å². The predicted octanol–water partition coefficient (Wildman–Crippen LogP) is 2.57. The highest BCUT2D eigenvalue weighted by molar-refractivity contribution is 5.10.